The number of rotatable bonds is 8. The van der Waals surface area contributed by atoms with Crippen molar-refractivity contribution in [1.29, 1.82) is 0 Å². The second-order valence-electron chi connectivity index (χ2n) is 5.21. The number of halogens is 3. The molecule has 0 saturated carbocycles. The molecule has 0 saturated heterocycles. The number of alkyl halides is 2. The van der Waals surface area contributed by atoms with Crippen molar-refractivity contribution in [2.24, 2.45) is 0 Å². The van der Waals surface area contributed by atoms with Crippen molar-refractivity contribution in [2.45, 2.75) is 52.7 Å². The van der Waals surface area contributed by atoms with Crippen LogP contribution < -0.4 is 15.4 Å². The van der Waals surface area contributed by atoms with E-state index < -0.39 is 18.2 Å². The van der Waals surface area contributed by atoms with Gasteiger partial charge in [0.15, 0.2) is 11.6 Å². The summed E-state index contributed by atoms with van der Waals surface area (Å²) >= 11 is 0. The van der Waals surface area contributed by atoms with E-state index in [1.165, 1.54) is 6.07 Å². The van der Waals surface area contributed by atoms with Crippen LogP contribution in [-0.4, -0.2) is 19.2 Å². The maximum atomic E-state index is 13.6. The SMILES string of the molecule is CCCCCN(c1cc(OC(F)F)c(F)cc1N)C(C)C. The van der Waals surface area contributed by atoms with Crippen molar-refractivity contribution in [3.63, 3.8) is 0 Å². The Morgan fingerprint density at radius 3 is 2.43 bits per heavy atom. The minimum absolute atomic E-state index is 0.119. The highest BCUT2D eigenvalue weighted by atomic mass is 19.3. The zero-order valence-corrected chi connectivity index (χ0v) is 12.7. The lowest BCUT2D eigenvalue weighted by atomic mass is 10.1. The van der Waals surface area contributed by atoms with Crippen molar-refractivity contribution in [3.8, 4) is 5.75 Å². The predicted octanol–water partition coefficient (Wildman–Crippen LogP) is 4.41. The van der Waals surface area contributed by atoms with E-state index in [0.29, 0.717) is 5.69 Å². The highest BCUT2D eigenvalue weighted by molar-refractivity contribution is 5.70. The fourth-order valence-corrected chi connectivity index (χ4v) is 2.18. The molecule has 0 atom stereocenters. The molecule has 0 amide bonds. The topological polar surface area (TPSA) is 38.5 Å². The first-order valence-corrected chi connectivity index (χ1v) is 7.17. The summed E-state index contributed by atoms with van der Waals surface area (Å²) in [6.07, 6.45) is 3.09. The van der Waals surface area contributed by atoms with Crippen LogP contribution in [0.15, 0.2) is 12.1 Å². The molecular weight excluding hydrogens is 281 g/mol. The third-order valence-corrected chi connectivity index (χ3v) is 3.23. The van der Waals surface area contributed by atoms with Gasteiger partial charge in [-0.15, -0.1) is 0 Å². The fraction of sp³-hybridized carbons (Fsp3) is 0.600. The molecule has 0 heterocycles. The Labute approximate surface area is 123 Å². The van der Waals surface area contributed by atoms with Crippen LogP contribution in [0.4, 0.5) is 24.5 Å². The lowest BCUT2D eigenvalue weighted by molar-refractivity contribution is -0.0521. The van der Waals surface area contributed by atoms with Gasteiger partial charge in [0.2, 0.25) is 0 Å². The average Bonchev–Trinajstić information content (AvgIpc) is 2.38. The van der Waals surface area contributed by atoms with E-state index in [4.69, 9.17) is 5.73 Å². The van der Waals surface area contributed by atoms with Crippen LogP contribution in [0.3, 0.4) is 0 Å². The van der Waals surface area contributed by atoms with Crippen molar-refractivity contribution >= 4 is 11.4 Å². The van der Waals surface area contributed by atoms with Crippen molar-refractivity contribution in [2.75, 3.05) is 17.2 Å². The second-order valence-corrected chi connectivity index (χ2v) is 5.21. The summed E-state index contributed by atoms with van der Waals surface area (Å²) < 4.78 is 42.4. The molecule has 1 aromatic carbocycles. The zero-order valence-electron chi connectivity index (χ0n) is 12.7. The predicted molar refractivity (Wildman–Crippen MR) is 79.5 cm³/mol. The molecule has 1 rings (SSSR count). The minimum atomic E-state index is -3.07. The van der Waals surface area contributed by atoms with Crippen LogP contribution in [0, 0.1) is 5.82 Å². The van der Waals surface area contributed by atoms with E-state index in [2.05, 4.69) is 11.7 Å². The Hall–Kier alpha value is -1.59. The van der Waals surface area contributed by atoms with Crippen molar-refractivity contribution < 1.29 is 17.9 Å². The Balaban J connectivity index is 3.05. The quantitative estimate of drug-likeness (QED) is 0.571. The van der Waals surface area contributed by atoms with E-state index in [0.717, 1.165) is 31.9 Å². The van der Waals surface area contributed by atoms with Crippen LogP contribution >= 0.6 is 0 Å². The number of benzene rings is 1. The van der Waals surface area contributed by atoms with Gasteiger partial charge >= 0.3 is 6.61 Å². The molecule has 2 N–H and O–H groups in total. The molecule has 0 aromatic heterocycles. The summed E-state index contributed by atoms with van der Waals surface area (Å²) in [4.78, 5) is 1.97. The van der Waals surface area contributed by atoms with Gasteiger partial charge in [0.1, 0.15) is 0 Å². The Bertz CT molecular complexity index is 453. The van der Waals surface area contributed by atoms with Crippen molar-refractivity contribution in [3.05, 3.63) is 17.9 Å². The molecule has 0 radical (unpaired) electrons. The molecule has 0 aliphatic carbocycles. The monoisotopic (exact) mass is 304 g/mol. The first-order valence-electron chi connectivity index (χ1n) is 7.17. The standard InChI is InChI=1S/C15H23F3N2O/c1-4-5-6-7-20(10(2)3)13-9-14(21-15(17)18)11(16)8-12(13)19/h8-10,15H,4-7,19H2,1-3H3. The summed E-state index contributed by atoms with van der Waals surface area (Å²) in [7, 11) is 0. The van der Waals surface area contributed by atoms with Gasteiger partial charge < -0.3 is 15.4 Å². The van der Waals surface area contributed by atoms with E-state index in [1.54, 1.807) is 0 Å². The van der Waals surface area contributed by atoms with E-state index in [1.807, 2.05) is 18.7 Å². The van der Waals surface area contributed by atoms with E-state index in [9.17, 15) is 13.2 Å². The van der Waals surface area contributed by atoms with E-state index in [-0.39, 0.29) is 11.7 Å². The number of hydrogen-bond acceptors (Lipinski definition) is 3. The number of nitrogens with zero attached hydrogens (tertiary/aromatic N) is 1. The molecule has 0 fully saturated rings. The van der Waals surface area contributed by atoms with Crippen LogP contribution in [-0.2, 0) is 0 Å². The molecule has 0 aliphatic rings. The Morgan fingerprint density at radius 1 is 1.24 bits per heavy atom. The summed E-state index contributed by atoms with van der Waals surface area (Å²) in [5.74, 6) is -1.36. The van der Waals surface area contributed by atoms with E-state index >= 15 is 0 Å². The molecule has 3 nitrogen and oxygen atoms in total. The Morgan fingerprint density at radius 2 is 1.90 bits per heavy atom. The summed E-state index contributed by atoms with van der Waals surface area (Å²) in [5.41, 5.74) is 6.59. The summed E-state index contributed by atoms with van der Waals surface area (Å²) in [5, 5.41) is 0. The lowest BCUT2D eigenvalue weighted by Crippen LogP contribution is -2.32. The van der Waals surface area contributed by atoms with Gasteiger partial charge in [0, 0.05) is 24.7 Å². The number of ether oxygens (including phenoxy) is 1. The van der Waals surface area contributed by atoms with Gasteiger partial charge in [-0.25, -0.2) is 4.39 Å². The highest BCUT2D eigenvalue weighted by Crippen LogP contribution is 2.33. The van der Waals surface area contributed by atoms with Gasteiger partial charge in [0.25, 0.3) is 0 Å². The third-order valence-electron chi connectivity index (χ3n) is 3.23. The number of hydrogen-bond donors (Lipinski definition) is 1. The molecule has 21 heavy (non-hydrogen) atoms. The lowest BCUT2D eigenvalue weighted by Gasteiger charge is -2.30. The third kappa shape index (κ3) is 5.02. The van der Waals surface area contributed by atoms with Gasteiger partial charge in [-0.2, -0.15) is 8.78 Å². The number of unbranched alkanes of at least 4 members (excludes halogenated alkanes) is 2. The first-order chi connectivity index (χ1) is 9.86. The molecular formula is C15H23F3N2O. The highest BCUT2D eigenvalue weighted by Gasteiger charge is 2.18. The molecule has 120 valence electrons. The number of anilines is 2. The van der Waals surface area contributed by atoms with Gasteiger partial charge in [-0.05, 0) is 20.3 Å². The molecule has 0 bridgehead atoms. The molecule has 1 aromatic rings. The summed E-state index contributed by atoms with van der Waals surface area (Å²) in [6, 6.07) is 2.40. The molecule has 0 aliphatic heterocycles. The van der Waals surface area contributed by atoms with Crippen LogP contribution in [0.2, 0.25) is 0 Å². The van der Waals surface area contributed by atoms with Crippen LogP contribution in [0.5, 0.6) is 5.75 Å². The maximum Gasteiger partial charge on any atom is 0.387 e. The Kier molecular flexibility index (Phi) is 6.65. The maximum absolute atomic E-state index is 13.6. The fourth-order valence-electron chi connectivity index (χ4n) is 2.18. The van der Waals surface area contributed by atoms with Gasteiger partial charge in [-0.3, -0.25) is 0 Å². The van der Waals surface area contributed by atoms with Gasteiger partial charge in [0.05, 0.1) is 11.4 Å². The number of nitrogen functional groups attached to an aromatic ring is 1. The van der Waals surface area contributed by atoms with Crippen LogP contribution in [0.25, 0.3) is 0 Å². The van der Waals surface area contributed by atoms with Gasteiger partial charge in [-0.1, -0.05) is 19.8 Å². The molecule has 0 unspecified atom stereocenters. The van der Waals surface area contributed by atoms with Crippen molar-refractivity contribution in [1.82, 2.24) is 0 Å². The normalized spacial score (nSPS) is 11.2. The molecule has 6 heteroatoms. The first kappa shape index (κ1) is 17.5. The second kappa shape index (κ2) is 8.00. The largest absolute Gasteiger partial charge is 0.432 e. The average molecular weight is 304 g/mol. The van der Waals surface area contributed by atoms with Crippen LogP contribution in [0.1, 0.15) is 40.0 Å². The molecule has 0 spiro atoms. The minimum Gasteiger partial charge on any atom is -0.432 e. The summed E-state index contributed by atoms with van der Waals surface area (Å²) in [6.45, 7) is 3.71. The number of nitrogens with two attached hydrogens (primary N) is 1. The zero-order chi connectivity index (χ0) is 16.0. The smallest absolute Gasteiger partial charge is 0.387 e.